The predicted molar refractivity (Wildman–Crippen MR) is 227 cm³/mol. The van der Waals surface area contributed by atoms with Crippen molar-refractivity contribution in [2.45, 2.75) is 39.2 Å². The molecule has 1 unspecified atom stereocenters. The van der Waals surface area contributed by atoms with E-state index in [4.69, 9.17) is 28.4 Å². The van der Waals surface area contributed by atoms with E-state index in [1.54, 1.807) is 55.1 Å². The van der Waals surface area contributed by atoms with Gasteiger partial charge in [0.2, 0.25) is 12.2 Å². The van der Waals surface area contributed by atoms with Gasteiger partial charge in [0.15, 0.2) is 35.0 Å². The molecule has 0 aliphatic carbocycles. The van der Waals surface area contributed by atoms with Gasteiger partial charge in [-0.25, -0.2) is 4.79 Å². The van der Waals surface area contributed by atoms with E-state index in [-0.39, 0.29) is 31.1 Å². The maximum absolute atomic E-state index is 15.3. The number of phenols is 1. The SMILES string of the molecule is CCOC(=O)C[n+]1ccc2cc(OCc3ccccc3)c(OC)cc2c1C(C(=O)c1ccc(OCc2ccccc2)cc1O)c1ccc(OCc2ccccc2)c(OC)c1. The molecule has 0 fully saturated rings. The number of benzene rings is 6. The number of ketones is 1. The minimum atomic E-state index is -1.11. The molecular formula is C50H46NO9+. The summed E-state index contributed by atoms with van der Waals surface area (Å²) in [5.41, 5.74) is 3.91. The predicted octanol–water partition coefficient (Wildman–Crippen LogP) is 9.17. The van der Waals surface area contributed by atoms with Crippen LogP contribution in [0.3, 0.4) is 0 Å². The summed E-state index contributed by atoms with van der Waals surface area (Å²) in [5.74, 6) is -0.147. The lowest BCUT2D eigenvalue weighted by Gasteiger charge is -2.21. The molecule has 0 saturated carbocycles. The molecule has 0 radical (unpaired) electrons. The molecule has 0 aliphatic rings. The maximum Gasteiger partial charge on any atom is 0.372 e. The topological polar surface area (TPSA) is 114 Å². The third-order valence-electron chi connectivity index (χ3n) is 9.97. The molecule has 1 atom stereocenters. The Labute approximate surface area is 349 Å². The van der Waals surface area contributed by atoms with E-state index in [0.717, 1.165) is 22.1 Å². The van der Waals surface area contributed by atoms with Gasteiger partial charge in [-0.05, 0) is 71.0 Å². The number of Topliss-reactive ketones (excluding diaryl/α,β-unsaturated/α-hetero) is 1. The van der Waals surface area contributed by atoms with Crippen molar-refractivity contribution in [2.75, 3.05) is 20.8 Å². The zero-order valence-electron chi connectivity index (χ0n) is 33.7. The minimum absolute atomic E-state index is 0.0462. The van der Waals surface area contributed by atoms with Gasteiger partial charge >= 0.3 is 5.97 Å². The van der Waals surface area contributed by atoms with Crippen molar-refractivity contribution >= 4 is 22.5 Å². The summed E-state index contributed by atoms with van der Waals surface area (Å²) in [4.78, 5) is 28.5. The number of fused-ring (bicyclic) bond motifs is 1. The summed E-state index contributed by atoms with van der Waals surface area (Å²) in [6, 6.07) is 44.7. The van der Waals surface area contributed by atoms with Crippen molar-refractivity contribution in [1.82, 2.24) is 0 Å². The maximum atomic E-state index is 15.3. The third-order valence-corrected chi connectivity index (χ3v) is 9.97. The number of carbonyl (C=O) groups is 2. The number of nitrogens with zero attached hydrogens (tertiary/aromatic N) is 1. The van der Waals surface area contributed by atoms with Crippen molar-refractivity contribution in [3.63, 3.8) is 0 Å². The highest BCUT2D eigenvalue weighted by Crippen LogP contribution is 2.41. The smallest absolute Gasteiger partial charge is 0.372 e. The number of pyridine rings is 1. The highest BCUT2D eigenvalue weighted by molar-refractivity contribution is 6.07. The molecule has 7 aromatic rings. The van der Waals surface area contributed by atoms with Crippen LogP contribution in [0, 0.1) is 0 Å². The van der Waals surface area contributed by atoms with Gasteiger partial charge in [-0.1, -0.05) is 97.1 Å². The summed E-state index contributed by atoms with van der Waals surface area (Å²) in [5, 5.41) is 12.9. The molecule has 0 saturated heterocycles. The van der Waals surface area contributed by atoms with Crippen LogP contribution in [0.25, 0.3) is 10.8 Å². The number of aromatic nitrogens is 1. The average Bonchev–Trinajstić information content (AvgIpc) is 3.28. The molecule has 60 heavy (non-hydrogen) atoms. The van der Waals surface area contributed by atoms with Crippen molar-refractivity contribution in [2.24, 2.45) is 0 Å². The van der Waals surface area contributed by atoms with Gasteiger partial charge in [0, 0.05) is 12.1 Å². The number of phenolic OH excluding ortho intramolecular Hbond substituents is 1. The second kappa shape index (κ2) is 19.4. The summed E-state index contributed by atoms with van der Waals surface area (Å²) in [6.07, 6.45) is 1.75. The lowest BCUT2D eigenvalue weighted by Crippen LogP contribution is -2.45. The lowest BCUT2D eigenvalue weighted by atomic mass is 9.84. The van der Waals surface area contributed by atoms with Crippen molar-refractivity contribution in [3.05, 3.63) is 185 Å². The first-order valence-electron chi connectivity index (χ1n) is 19.6. The van der Waals surface area contributed by atoms with Crippen LogP contribution in [0.1, 0.15) is 51.1 Å². The molecule has 10 nitrogen and oxygen atoms in total. The van der Waals surface area contributed by atoms with Crippen molar-refractivity contribution < 1.29 is 47.7 Å². The van der Waals surface area contributed by atoms with Crippen LogP contribution in [-0.2, 0) is 35.9 Å². The second-order valence-corrected chi connectivity index (χ2v) is 13.9. The Morgan fingerprint density at radius 1 is 0.617 bits per heavy atom. The Bertz CT molecular complexity index is 2560. The van der Waals surface area contributed by atoms with E-state index in [1.807, 2.05) is 109 Å². The van der Waals surface area contributed by atoms with E-state index in [1.165, 1.54) is 13.2 Å². The van der Waals surface area contributed by atoms with Crippen LogP contribution < -0.4 is 28.3 Å². The quantitative estimate of drug-likeness (QED) is 0.0516. The molecule has 10 heteroatoms. The number of carbonyl (C=O) groups excluding carboxylic acids is 2. The zero-order valence-corrected chi connectivity index (χ0v) is 33.7. The molecule has 0 aliphatic heterocycles. The Morgan fingerprint density at radius 2 is 1.20 bits per heavy atom. The molecule has 1 N–H and O–H groups in total. The number of hydrogen-bond donors (Lipinski definition) is 1. The molecule has 1 heterocycles. The summed E-state index contributed by atoms with van der Waals surface area (Å²) in [6.45, 7) is 2.58. The third kappa shape index (κ3) is 9.67. The minimum Gasteiger partial charge on any atom is -0.507 e. The van der Waals surface area contributed by atoms with Gasteiger partial charge in [0.1, 0.15) is 37.2 Å². The largest absolute Gasteiger partial charge is 0.507 e. The zero-order chi connectivity index (χ0) is 41.8. The fourth-order valence-corrected chi connectivity index (χ4v) is 7.01. The van der Waals surface area contributed by atoms with E-state index in [2.05, 4.69) is 0 Å². The number of esters is 1. The highest BCUT2D eigenvalue weighted by atomic mass is 16.5. The van der Waals surface area contributed by atoms with Gasteiger partial charge in [-0.3, -0.25) is 4.79 Å². The molecule has 0 spiro atoms. The first-order valence-corrected chi connectivity index (χ1v) is 19.6. The second-order valence-electron chi connectivity index (χ2n) is 13.9. The Morgan fingerprint density at radius 3 is 1.78 bits per heavy atom. The molecule has 1 aromatic heterocycles. The summed E-state index contributed by atoms with van der Waals surface area (Å²) >= 11 is 0. The molecule has 0 bridgehead atoms. The number of methoxy groups -OCH3 is 2. The van der Waals surface area contributed by atoms with Gasteiger partial charge in [-0.2, -0.15) is 4.57 Å². The first kappa shape index (κ1) is 40.9. The van der Waals surface area contributed by atoms with E-state index < -0.39 is 17.7 Å². The number of aromatic hydroxyl groups is 1. The van der Waals surface area contributed by atoms with E-state index in [0.29, 0.717) is 58.6 Å². The summed E-state index contributed by atoms with van der Waals surface area (Å²) in [7, 11) is 3.08. The van der Waals surface area contributed by atoms with E-state index in [9.17, 15) is 9.90 Å². The van der Waals surface area contributed by atoms with E-state index >= 15 is 4.79 Å². The molecular weight excluding hydrogens is 759 g/mol. The van der Waals surface area contributed by atoms with Crippen LogP contribution >= 0.6 is 0 Å². The summed E-state index contributed by atoms with van der Waals surface area (Å²) < 4.78 is 37.3. The normalized spacial score (nSPS) is 11.4. The molecule has 304 valence electrons. The van der Waals surface area contributed by atoms with Crippen molar-refractivity contribution in [1.29, 1.82) is 0 Å². The van der Waals surface area contributed by atoms with Crippen LogP contribution in [0.4, 0.5) is 0 Å². The Kier molecular flexibility index (Phi) is 13.2. The Balaban J connectivity index is 1.36. The highest BCUT2D eigenvalue weighted by Gasteiger charge is 2.37. The average molecular weight is 805 g/mol. The fourth-order valence-electron chi connectivity index (χ4n) is 7.01. The van der Waals surface area contributed by atoms with Gasteiger partial charge in [0.05, 0.1) is 31.8 Å². The molecule has 7 rings (SSSR count). The lowest BCUT2D eigenvalue weighted by molar-refractivity contribution is -0.692. The monoisotopic (exact) mass is 804 g/mol. The van der Waals surface area contributed by atoms with Gasteiger partial charge in [-0.15, -0.1) is 0 Å². The van der Waals surface area contributed by atoms with Crippen LogP contribution in [0.5, 0.6) is 34.5 Å². The van der Waals surface area contributed by atoms with Gasteiger partial charge < -0.3 is 33.5 Å². The van der Waals surface area contributed by atoms with Crippen molar-refractivity contribution in [3.8, 4) is 34.5 Å². The standard InChI is InChI=1S/C50H45NO9/c1-4-57-47(53)30-51-25-24-37-26-46(60-33-36-18-12-7-13-19-36)45(56-3)29-41(37)49(51)48(38-20-23-43(44(27-38)55-2)59-32-35-16-10-6-11-17-35)50(54)40-22-21-39(28-42(40)52)58-31-34-14-8-5-9-15-34/h5-29,48H,4,30-33H2,1-3H3/p+1. The van der Waals surface area contributed by atoms with Gasteiger partial charge in [0.25, 0.3) is 0 Å². The van der Waals surface area contributed by atoms with Crippen LogP contribution in [0.15, 0.2) is 152 Å². The number of hydrogen-bond acceptors (Lipinski definition) is 9. The van der Waals surface area contributed by atoms with Crippen LogP contribution in [0.2, 0.25) is 0 Å². The number of ether oxygens (including phenoxy) is 6. The number of rotatable bonds is 18. The first-order chi connectivity index (χ1) is 29.3. The molecule has 6 aromatic carbocycles. The molecule has 0 amide bonds. The Hall–Kier alpha value is -7.33. The van der Waals surface area contributed by atoms with Crippen LogP contribution in [-0.4, -0.2) is 37.7 Å². The fraction of sp³-hybridized carbons (Fsp3) is 0.180.